The van der Waals surface area contributed by atoms with Crippen molar-refractivity contribution < 1.29 is 4.92 Å². The van der Waals surface area contributed by atoms with Crippen LogP contribution in [-0.4, -0.2) is 52.3 Å². The van der Waals surface area contributed by atoms with E-state index in [-0.39, 0.29) is 5.69 Å². The molecule has 10 nitrogen and oxygen atoms in total. The Hall–Kier alpha value is -3.30. The van der Waals surface area contributed by atoms with E-state index < -0.39 is 4.92 Å². The third-order valence-electron chi connectivity index (χ3n) is 5.39. The van der Waals surface area contributed by atoms with E-state index in [2.05, 4.69) is 30.3 Å². The largest absolute Gasteiger partial charge is 0.341 e. The summed E-state index contributed by atoms with van der Waals surface area (Å²) in [6.45, 7) is 3.73. The molecule has 0 radical (unpaired) electrons. The Balaban J connectivity index is 1.57. The van der Waals surface area contributed by atoms with Crippen molar-refractivity contribution in [3.05, 3.63) is 39.9 Å². The van der Waals surface area contributed by atoms with Gasteiger partial charge in [0.2, 0.25) is 17.8 Å². The SMILES string of the molecule is O=[N+]([O-])c1ccccc1C=NNc1nc(N2CCCCC2)nc(N2CCCCC2)n1. The van der Waals surface area contributed by atoms with Crippen molar-refractivity contribution in [3.63, 3.8) is 0 Å². The average molecular weight is 410 g/mol. The molecule has 2 aliphatic rings. The van der Waals surface area contributed by atoms with Crippen molar-refractivity contribution in [2.45, 2.75) is 38.5 Å². The van der Waals surface area contributed by atoms with E-state index in [0.717, 1.165) is 51.9 Å². The summed E-state index contributed by atoms with van der Waals surface area (Å²) in [5, 5.41) is 15.3. The minimum Gasteiger partial charge on any atom is -0.341 e. The Morgan fingerprint density at radius 1 is 0.900 bits per heavy atom. The quantitative estimate of drug-likeness (QED) is 0.439. The Morgan fingerprint density at radius 3 is 2.03 bits per heavy atom. The molecule has 1 N–H and O–H groups in total. The van der Waals surface area contributed by atoms with Crippen LogP contribution in [0.3, 0.4) is 0 Å². The second-order valence-corrected chi connectivity index (χ2v) is 7.54. The fourth-order valence-electron chi connectivity index (χ4n) is 3.80. The van der Waals surface area contributed by atoms with Crippen LogP contribution >= 0.6 is 0 Å². The van der Waals surface area contributed by atoms with Crippen LogP contribution in [0.25, 0.3) is 0 Å². The molecule has 0 saturated carbocycles. The molecule has 158 valence electrons. The molecule has 2 aliphatic heterocycles. The highest BCUT2D eigenvalue weighted by Gasteiger charge is 2.20. The van der Waals surface area contributed by atoms with Gasteiger partial charge in [-0.2, -0.15) is 20.1 Å². The first-order valence-corrected chi connectivity index (χ1v) is 10.5. The maximum absolute atomic E-state index is 11.2. The molecule has 30 heavy (non-hydrogen) atoms. The van der Waals surface area contributed by atoms with Gasteiger partial charge in [-0.25, -0.2) is 5.43 Å². The predicted octanol–water partition coefficient (Wildman–Crippen LogP) is 3.21. The topological polar surface area (TPSA) is 113 Å². The van der Waals surface area contributed by atoms with Gasteiger partial charge in [0.15, 0.2) is 0 Å². The maximum atomic E-state index is 11.2. The first kappa shape index (κ1) is 20.0. The number of nitro benzene ring substituents is 1. The molecule has 2 saturated heterocycles. The highest BCUT2D eigenvalue weighted by atomic mass is 16.6. The van der Waals surface area contributed by atoms with Crippen LogP contribution in [0.15, 0.2) is 29.4 Å². The molecule has 0 unspecified atom stereocenters. The number of nitro groups is 1. The summed E-state index contributed by atoms with van der Waals surface area (Å²) in [6.07, 6.45) is 8.39. The fourth-order valence-corrected chi connectivity index (χ4v) is 3.80. The monoisotopic (exact) mass is 410 g/mol. The first-order valence-electron chi connectivity index (χ1n) is 10.5. The molecule has 0 bridgehead atoms. The number of aromatic nitrogens is 3. The second kappa shape index (κ2) is 9.47. The molecule has 0 atom stereocenters. The van der Waals surface area contributed by atoms with Crippen molar-refractivity contribution in [3.8, 4) is 0 Å². The molecule has 0 amide bonds. The highest BCUT2D eigenvalue weighted by Crippen LogP contribution is 2.22. The fraction of sp³-hybridized carbons (Fsp3) is 0.500. The predicted molar refractivity (Wildman–Crippen MR) is 116 cm³/mol. The average Bonchev–Trinajstić information content (AvgIpc) is 2.80. The summed E-state index contributed by atoms with van der Waals surface area (Å²) in [7, 11) is 0. The van der Waals surface area contributed by atoms with Crippen LogP contribution in [0.4, 0.5) is 23.5 Å². The van der Waals surface area contributed by atoms with Crippen LogP contribution in [0.1, 0.15) is 44.1 Å². The number of nitrogens with zero attached hydrogens (tertiary/aromatic N) is 7. The lowest BCUT2D eigenvalue weighted by Crippen LogP contribution is -2.34. The van der Waals surface area contributed by atoms with E-state index in [1.165, 1.54) is 25.1 Å². The zero-order valence-electron chi connectivity index (χ0n) is 16.9. The standard InChI is InChI=1S/C20H26N8O2/c29-28(30)17-10-4-3-9-16(17)15-21-25-18-22-19(26-11-5-1-6-12-26)24-20(23-18)27-13-7-2-8-14-27/h3-4,9-10,15H,1-2,5-8,11-14H2,(H,22,23,24,25). The maximum Gasteiger partial charge on any atom is 0.278 e. The smallest absolute Gasteiger partial charge is 0.278 e. The highest BCUT2D eigenvalue weighted by molar-refractivity contribution is 5.85. The van der Waals surface area contributed by atoms with Crippen molar-refractivity contribution in [1.29, 1.82) is 0 Å². The Labute approximate surface area is 175 Å². The first-order chi connectivity index (χ1) is 14.7. The van der Waals surface area contributed by atoms with Crippen molar-refractivity contribution in [2.75, 3.05) is 41.4 Å². The number of anilines is 3. The summed E-state index contributed by atoms with van der Waals surface area (Å²) < 4.78 is 0. The molecule has 2 fully saturated rings. The number of hydrogen-bond acceptors (Lipinski definition) is 9. The number of piperidine rings is 2. The van der Waals surface area contributed by atoms with Gasteiger partial charge in [0, 0.05) is 32.2 Å². The number of hydrazone groups is 1. The lowest BCUT2D eigenvalue weighted by Gasteiger charge is -2.30. The van der Waals surface area contributed by atoms with Gasteiger partial charge in [-0.3, -0.25) is 10.1 Å². The normalized spacial score (nSPS) is 17.3. The molecule has 0 spiro atoms. The number of para-hydroxylation sites is 1. The van der Waals surface area contributed by atoms with Gasteiger partial charge in [-0.1, -0.05) is 12.1 Å². The summed E-state index contributed by atoms with van der Waals surface area (Å²) in [5.74, 6) is 1.67. The number of nitrogens with one attached hydrogen (secondary N) is 1. The number of rotatable bonds is 6. The van der Waals surface area contributed by atoms with E-state index in [0.29, 0.717) is 23.4 Å². The molecular weight excluding hydrogens is 384 g/mol. The zero-order chi connectivity index (χ0) is 20.8. The van der Waals surface area contributed by atoms with Crippen molar-refractivity contribution in [1.82, 2.24) is 15.0 Å². The Kier molecular flexibility index (Phi) is 6.31. The number of hydrogen-bond donors (Lipinski definition) is 1. The minimum absolute atomic E-state index is 0.00158. The summed E-state index contributed by atoms with van der Waals surface area (Å²) >= 11 is 0. The lowest BCUT2D eigenvalue weighted by molar-refractivity contribution is -0.385. The molecular formula is C20H26N8O2. The van der Waals surface area contributed by atoms with E-state index >= 15 is 0 Å². The van der Waals surface area contributed by atoms with Gasteiger partial charge in [0.25, 0.3) is 5.69 Å². The van der Waals surface area contributed by atoms with Crippen molar-refractivity contribution >= 4 is 29.7 Å². The second-order valence-electron chi connectivity index (χ2n) is 7.54. The van der Waals surface area contributed by atoms with E-state index in [9.17, 15) is 10.1 Å². The molecule has 3 heterocycles. The zero-order valence-corrected chi connectivity index (χ0v) is 16.9. The summed E-state index contributed by atoms with van der Waals surface area (Å²) in [5.41, 5.74) is 3.26. The number of benzene rings is 1. The van der Waals surface area contributed by atoms with Gasteiger partial charge in [-0.05, 0) is 44.6 Å². The van der Waals surface area contributed by atoms with Gasteiger partial charge < -0.3 is 9.80 Å². The van der Waals surface area contributed by atoms with E-state index in [1.807, 2.05) is 0 Å². The van der Waals surface area contributed by atoms with Crippen LogP contribution < -0.4 is 15.2 Å². The van der Waals surface area contributed by atoms with Crippen LogP contribution in [0, 0.1) is 10.1 Å². The van der Waals surface area contributed by atoms with Crippen molar-refractivity contribution in [2.24, 2.45) is 5.10 Å². The molecule has 1 aromatic heterocycles. The molecule has 2 aromatic rings. The molecule has 10 heteroatoms. The Bertz CT molecular complexity index is 871. The van der Waals surface area contributed by atoms with E-state index in [4.69, 9.17) is 4.98 Å². The van der Waals surface area contributed by atoms with Gasteiger partial charge >= 0.3 is 0 Å². The third-order valence-corrected chi connectivity index (χ3v) is 5.39. The van der Waals surface area contributed by atoms with Gasteiger partial charge in [0.05, 0.1) is 16.7 Å². The molecule has 1 aromatic carbocycles. The summed E-state index contributed by atoms with van der Waals surface area (Å²) in [6, 6.07) is 6.47. The Morgan fingerprint density at radius 2 is 1.47 bits per heavy atom. The molecule has 4 rings (SSSR count). The van der Waals surface area contributed by atoms with Gasteiger partial charge in [0.1, 0.15) is 0 Å². The van der Waals surface area contributed by atoms with Crippen LogP contribution in [-0.2, 0) is 0 Å². The minimum atomic E-state index is -0.423. The van der Waals surface area contributed by atoms with Crippen LogP contribution in [0.2, 0.25) is 0 Å². The lowest BCUT2D eigenvalue weighted by atomic mass is 10.1. The summed E-state index contributed by atoms with van der Waals surface area (Å²) in [4.78, 5) is 29.0. The van der Waals surface area contributed by atoms with E-state index in [1.54, 1.807) is 18.2 Å². The third kappa shape index (κ3) is 4.81. The van der Waals surface area contributed by atoms with Gasteiger partial charge in [-0.15, -0.1) is 0 Å². The van der Waals surface area contributed by atoms with Crippen LogP contribution in [0.5, 0.6) is 0 Å². The molecule has 0 aliphatic carbocycles.